The maximum Gasteiger partial charge on any atom is 0.414 e. The van der Waals surface area contributed by atoms with Gasteiger partial charge in [0.05, 0.1) is 0 Å². The molecule has 110 valence electrons. The molecule has 1 fully saturated rings. The molecule has 6 heteroatoms. The second-order valence-electron chi connectivity index (χ2n) is 4.69. The van der Waals surface area contributed by atoms with Gasteiger partial charge in [0.15, 0.2) is 0 Å². The molecule has 0 saturated heterocycles. The van der Waals surface area contributed by atoms with E-state index in [4.69, 9.17) is 19.8 Å². The molecular formula is C14H20N2O4. The van der Waals surface area contributed by atoms with Crippen LogP contribution < -0.4 is 5.32 Å². The van der Waals surface area contributed by atoms with Gasteiger partial charge in [-0.05, 0) is 24.5 Å². The fourth-order valence-electron chi connectivity index (χ4n) is 2.07. The number of hydrogen-bond acceptors (Lipinski definition) is 4. The maximum absolute atomic E-state index is 9.10. The molecule has 1 saturated carbocycles. The molecule has 1 aromatic rings. The van der Waals surface area contributed by atoms with Crippen LogP contribution in [0.15, 0.2) is 24.5 Å². The molecule has 3 N–H and O–H groups in total. The summed E-state index contributed by atoms with van der Waals surface area (Å²) in [4.78, 5) is 22.3. The molecule has 1 heterocycles. The Kier molecular flexibility index (Phi) is 7.27. The largest absolute Gasteiger partial charge is 0.473 e. The number of aromatic nitrogens is 1. The van der Waals surface area contributed by atoms with Crippen molar-refractivity contribution in [3.63, 3.8) is 0 Å². The van der Waals surface area contributed by atoms with Crippen LogP contribution in [-0.4, -0.2) is 33.2 Å². The van der Waals surface area contributed by atoms with Gasteiger partial charge in [-0.15, -0.1) is 0 Å². The molecule has 1 aliphatic rings. The Bertz CT molecular complexity index is 404. The van der Waals surface area contributed by atoms with Crippen LogP contribution in [0.3, 0.4) is 0 Å². The molecule has 0 amide bonds. The maximum atomic E-state index is 9.10. The first-order valence-electron chi connectivity index (χ1n) is 6.68. The SMILES string of the molecule is O=C(O)C(=O)O.c1cncc(CNC2CCCCC2)c1. The number of carboxylic acids is 2. The Balaban J connectivity index is 0.000000286. The Labute approximate surface area is 117 Å². The lowest BCUT2D eigenvalue weighted by atomic mass is 9.95. The molecule has 6 nitrogen and oxygen atoms in total. The second-order valence-corrected chi connectivity index (χ2v) is 4.69. The highest BCUT2D eigenvalue weighted by atomic mass is 16.4. The minimum absolute atomic E-state index is 0.740. The van der Waals surface area contributed by atoms with Crippen molar-refractivity contribution >= 4 is 11.9 Å². The molecule has 0 atom stereocenters. The molecule has 1 aliphatic carbocycles. The predicted octanol–water partition coefficient (Wildman–Crippen LogP) is 1.66. The Morgan fingerprint density at radius 1 is 1.20 bits per heavy atom. The van der Waals surface area contributed by atoms with E-state index in [2.05, 4.69) is 16.4 Å². The van der Waals surface area contributed by atoms with Gasteiger partial charge < -0.3 is 15.5 Å². The number of hydrogen-bond donors (Lipinski definition) is 3. The van der Waals surface area contributed by atoms with Crippen molar-refractivity contribution in [2.24, 2.45) is 0 Å². The van der Waals surface area contributed by atoms with Crippen molar-refractivity contribution in [3.8, 4) is 0 Å². The lowest BCUT2D eigenvalue weighted by molar-refractivity contribution is -0.159. The monoisotopic (exact) mass is 280 g/mol. The Morgan fingerprint density at radius 2 is 1.85 bits per heavy atom. The van der Waals surface area contributed by atoms with Crippen LogP contribution in [-0.2, 0) is 16.1 Å². The highest BCUT2D eigenvalue weighted by molar-refractivity contribution is 6.27. The standard InChI is InChI=1S/C12H18N2.C2H2O4/c1-2-6-12(7-3-1)14-10-11-5-4-8-13-9-11;3-1(4)2(5)6/h4-5,8-9,12,14H,1-3,6-7,10H2;(H,3,4)(H,5,6). The van der Waals surface area contributed by atoms with Crippen LogP contribution in [0.2, 0.25) is 0 Å². The lowest BCUT2D eigenvalue weighted by Gasteiger charge is -2.22. The van der Waals surface area contributed by atoms with Crippen molar-refractivity contribution < 1.29 is 19.8 Å². The third kappa shape index (κ3) is 6.84. The van der Waals surface area contributed by atoms with Crippen molar-refractivity contribution in [2.45, 2.75) is 44.7 Å². The molecule has 0 radical (unpaired) electrons. The highest BCUT2D eigenvalue weighted by Gasteiger charge is 2.11. The van der Waals surface area contributed by atoms with E-state index in [-0.39, 0.29) is 0 Å². The molecule has 1 aromatic heterocycles. The molecule has 0 spiro atoms. The molecular weight excluding hydrogens is 260 g/mol. The first kappa shape index (κ1) is 16.1. The van der Waals surface area contributed by atoms with Crippen molar-refractivity contribution in [3.05, 3.63) is 30.1 Å². The van der Waals surface area contributed by atoms with Crippen LogP contribution in [0, 0.1) is 0 Å². The third-order valence-electron chi connectivity index (χ3n) is 3.11. The van der Waals surface area contributed by atoms with E-state index in [1.54, 1.807) is 0 Å². The fourth-order valence-corrected chi connectivity index (χ4v) is 2.07. The van der Waals surface area contributed by atoms with E-state index in [1.807, 2.05) is 18.5 Å². The molecule has 0 aromatic carbocycles. The zero-order valence-corrected chi connectivity index (χ0v) is 11.3. The number of rotatable bonds is 3. The summed E-state index contributed by atoms with van der Waals surface area (Å²) in [6.45, 7) is 0.971. The number of nitrogens with zero attached hydrogens (tertiary/aromatic N) is 1. The van der Waals surface area contributed by atoms with Crippen molar-refractivity contribution in [1.29, 1.82) is 0 Å². The van der Waals surface area contributed by atoms with E-state index < -0.39 is 11.9 Å². The van der Waals surface area contributed by atoms with Gasteiger partial charge in [-0.1, -0.05) is 25.3 Å². The van der Waals surface area contributed by atoms with Crippen molar-refractivity contribution in [1.82, 2.24) is 10.3 Å². The number of pyridine rings is 1. The molecule has 20 heavy (non-hydrogen) atoms. The van der Waals surface area contributed by atoms with E-state index in [0.717, 1.165) is 12.6 Å². The average Bonchev–Trinajstić information content (AvgIpc) is 2.48. The number of carbonyl (C=O) groups is 2. The first-order chi connectivity index (χ1) is 9.59. The summed E-state index contributed by atoms with van der Waals surface area (Å²) in [6, 6.07) is 4.87. The normalized spacial score (nSPS) is 15.0. The van der Waals surface area contributed by atoms with Gasteiger partial charge in [-0.2, -0.15) is 0 Å². The first-order valence-corrected chi connectivity index (χ1v) is 6.68. The summed E-state index contributed by atoms with van der Waals surface area (Å²) in [7, 11) is 0. The zero-order valence-electron chi connectivity index (χ0n) is 11.3. The molecule has 0 unspecified atom stereocenters. The highest BCUT2D eigenvalue weighted by Crippen LogP contribution is 2.17. The molecule has 2 rings (SSSR count). The van der Waals surface area contributed by atoms with E-state index in [0.29, 0.717) is 0 Å². The van der Waals surface area contributed by atoms with Crippen molar-refractivity contribution in [2.75, 3.05) is 0 Å². The van der Waals surface area contributed by atoms with Crippen LogP contribution >= 0.6 is 0 Å². The number of nitrogens with one attached hydrogen (secondary N) is 1. The number of aliphatic carboxylic acids is 2. The lowest BCUT2D eigenvalue weighted by Crippen LogP contribution is -2.30. The topological polar surface area (TPSA) is 99.5 Å². The van der Waals surface area contributed by atoms with E-state index in [1.165, 1.54) is 37.7 Å². The molecule has 0 aliphatic heterocycles. The van der Waals surface area contributed by atoms with Gasteiger partial charge in [-0.3, -0.25) is 4.98 Å². The van der Waals surface area contributed by atoms with E-state index >= 15 is 0 Å². The van der Waals surface area contributed by atoms with Crippen LogP contribution in [0.4, 0.5) is 0 Å². The number of carboxylic acid groups (broad SMARTS) is 2. The van der Waals surface area contributed by atoms with Crippen LogP contribution in [0.5, 0.6) is 0 Å². The van der Waals surface area contributed by atoms with Gasteiger partial charge in [-0.25, -0.2) is 9.59 Å². The average molecular weight is 280 g/mol. The zero-order chi connectivity index (χ0) is 14.8. The van der Waals surface area contributed by atoms with E-state index in [9.17, 15) is 0 Å². The summed E-state index contributed by atoms with van der Waals surface area (Å²) in [6.07, 6.45) is 10.7. The predicted molar refractivity (Wildman–Crippen MR) is 73.2 cm³/mol. The minimum atomic E-state index is -1.82. The molecule has 0 bridgehead atoms. The summed E-state index contributed by atoms with van der Waals surface area (Å²) >= 11 is 0. The van der Waals surface area contributed by atoms with Gasteiger partial charge >= 0.3 is 11.9 Å². The Hall–Kier alpha value is -1.95. The fraction of sp³-hybridized carbons (Fsp3) is 0.500. The van der Waals surface area contributed by atoms with Gasteiger partial charge in [0.2, 0.25) is 0 Å². The van der Waals surface area contributed by atoms with Crippen LogP contribution in [0.1, 0.15) is 37.7 Å². The van der Waals surface area contributed by atoms with Crippen LogP contribution in [0.25, 0.3) is 0 Å². The smallest absolute Gasteiger partial charge is 0.414 e. The second kappa shape index (κ2) is 9.03. The van der Waals surface area contributed by atoms with Gasteiger partial charge in [0.25, 0.3) is 0 Å². The Morgan fingerprint density at radius 3 is 2.35 bits per heavy atom. The summed E-state index contributed by atoms with van der Waals surface area (Å²) in [5, 5.41) is 18.4. The third-order valence-corrected chi connectivity index (χ3v) is 3.11. The van der Waals surface area contributed by atoms with Gasteiger partial charge in [0, 0.05) is 25.0 Å². The minimum Gasteiger partial charge on any atom is -0.473 e. The quantitative estimate of drug-likeness (QED) is 0.728. The summed E-state index contributed by atoms with van der Waals surface area (Å²) in [5.74, 6) is -3.65. The summed E-state index contributed by atoms with van der Waals surface area (Å²) in [5.41, 5.74) is 1.29. The summed E-state index contributed by atoms with van der Waals surface area (Å²) < 4.78 is 0. The van der Waals surface area contributed by atoms with Gasteiger partial charge in [0.1, 0.15) is 0 Å².